The minimum Gasteiger partial charge on any atom is -0.327 e. The van der Waals surface area contributed by atoms with Gasteiger partial charge in [-0.05, 0) is 37.8 Å². The molecule has 0 aromatic rings. The van der Waals surface area contributed by atoms with E-state index in [1.54, 1.807) is 0 Å². The van der Waals surface area contributed by atoms with Crippen molar-refractivity contribution in [1.29, 1.82) is 0 Å². The quantitative estimate of drug-likeness (QED) is 0.830. The molecule has 2 rings (SSSR count). The van der Waals surface area contributed by atoms with E-state index in [9.17, 15) is 0 Å². The van der Waals surface area contributed by atoms with Gasteiger partial charge in [-0.1, -0.05) is 32.6 Å². The fourth-order valence-electron chi connectivity index (χ4n) is 3.12. The molecule has 0 amide bonds. The van der Waals surface area contributed by atoms with Crippen molar-refractivity contribution in [3.05, 3.63) is 0 Å². The minimum atomic E-state index is 0. The second-order valence-corrected chi connectivity index (χ2v) is 5.67. The third-order valence-electron chi connectivity index (χ3n) is 4.38. The lowest BCUT2D eigenvalue weighted by atomic mass is 9.94. The molecule has 1 aliphatic heterocycles. The summed E-state index contributed by atoms with van der Waals surface area (Å²) in [5, 5.41) is 0. The van der Waals surface area contributed by atoms with Gasteiger partial charge < -0.3 is 10.6 Å². The van der Waals surface area contributed by atoms with Gasteiger partial charge in [-0.3, -0.25) is 0 Å². The third kappa shape index (κ3) is 3.90. The second kappa shape index (κ2) is 6.83. The highest BCUT2D eigenvalue weighted by atomic mass is 35.5. The molecule has 2 aliphatic rings. The van der Waals surface area contributed by atoms with Gasteiger partial charge in [0.1, 0.15) is 0 Å². The standard InChI is InChI=1S/C13H26N2.ClH/c1-11-10-15(9-7-13(11)14)8-6-12-4-2-3-5-12;/h11-13H,2-10,14H2,1H3;1H. The topological polar surface area (TPSA) is 29.3 Å². The SMILES string of the molecule is CC1CN(CCC2CCCC2)CCC1N.Cl. The van der Waals surface area contributed by atoms with Crippen LogP contribution in [0.15, 0.2) is 0 Å². The van der Waals surface area contributed by atoms with E-state index >= 15 is 0 Å². The van der Waals surface area contributed by atoms with Crippen molar-refractivity contribution < 1.29 is 0 Å². The van der Waals surface area contributed by atoms with Crippen LogP contribution in [0.2, 0.25) is 0 Å². The second-order valence-electron chi connectivity index (χ2n) is 5.67. The average molecular weight is 247 g/mol. The van der Waals surface area contributed by atoms with Gasteiger partial charge in [0.2, 0.25) is 0 Å². The first kappa shape index (κ1) is 14.3. The van der Waals surface area contributed by atoms with Gasteiger partial charge in [-0.2, -0.15) is 0 Å². The summed E-state index contributed by atoms with van der Waals surface area (Å²) in [7, 11) is 0. The first-order chi connectivity index (χ1) is 7.25. The van der Waals surface area contributed by atoms with Crippen LogP contribution in [0.3, 0.4) is 0 Å². The lowest BCUT2D eigenvalue weighted by molar-refractivity contribution is 0.156. The van der Waals surface area contributed by atoms with E-state index in [0.717, 1.165) is 5.92 Å². The van der Waals surface area contributed by atoms with Crippen LogP contribution in [0.1, 0.15) is 45.4 Å². The fraction of sp³-hybridized carbons (Fsp3) is 1.00. The van der Waals surface area contributed by atoms with Crippen molar-refractivity contribution in [2.75, 3.05) is 19.6 Å². The summed E-state index contributed by atoms with van der Waals surface area (Å²) in [4.78, 5) is 2.63. The van der Waals surface area contributed by atoms with Crippen molar-refractivity contribution in [1.82, 2.24) is 4.90 Å². The Morgan fingerprint density at radius 3 is 2.50 bits per heavy atom. The summed E-state index contributed by atoms with van der Waals surface area (Å²) >= 11 is 0. The molecule has 2 fully saturated rings. The first-order valence-corrected chi connectivity index (χ1v) is 6.73. The summed E-state index contributed by atoms with van der Waals surface area (Å²) < 4.78 is 0. The summed E-state index contributed by atoms with van der Waals surface area (Å²) in [5.74, 6) is 1.73. The number of nitrogens with zero attached hydrogens (tertiary/aromatic N) is 1. The molecule has 0 aromatic heterocycles. The summed E-state index contributed by atoms with van der Waals surface area (Å²) in [6.07, 6.45) is 8.57. The Balaban J connectivity index is 0.00000128. The van der Waals surface area contributed by atoms with Crippen molar-refractivity contribution in [2.24, 2.45) is 17.6 Å². The van der Waals surface area contributed by atoms with Gasteiger partial charge in [-0.15, -0.1) is 12.4 Å². The Labute approximate surface area is 106 Å². The number of nitrogens with two attached hydrogens (primary N) is 1. The molecule has 1 aliphatic carbocycles. The average Bonchev–Trinajstić information content (AvgIpc) is 2.73. The van der Waals surface area contributed by atoms with Crippen LogP contribution in [-0.2, 0) is 0 Å². The van der Waals surface area contributed by atoms with Gasteiger partial charge in [0.25, 0.3) is 0 Å². The predicted molar refractivity (Wildman–Crippen MR) is 72.0 cm³/mol. The van der Waals surface area contributed by atoms with Gasteiger partial charge >= 0.3 is 0 Å². The molecular formula is C13H27ClN2. The Kier molecular flexibility index (Phi) is 6.09. The van der Waals surface area contributed by atoms with Crippen LogP contribution < -0.4 is 5.73 Å². The number of piperidine rings is 1. The normalized spacial score (nSPS) is 32.6. The Bertz CT molecular complexity index is 192. The van der Waals surface area contributed by atoms with Crippen molar-refractivity contribution in [2.45, 2.75) is 51.5 Å². The highest BCUT2D eigenvalue weighted by molar-refractivity contribution is 5.85. The lowest BCUT2D eigenvalue weighted by Gasteiger charge is -2.35. The first-order valence-electron chi connectivity index (χ1n) is 6.73. The highest BCUT2D eigenvalue weighted by Crippen LogP contribution is 2.28. The highest BCUT2D eigenvalue weighted by Gasteiger charge is 2.23. The molecule has 16 heavy (non-hydrogen) atoms. The monoisotopic (exact) mass is 246 g/mol. The predicted octanol–water partition coefficient (Wildman–Crippen LogP) is 2.66. The molecule has 0 aromatic carbocycles. The number of rotatable bonds is 3. The molecule has 2 N–H and O–H groups in total. The van der Waals surface area contributed by atoms with Gasteiger partial charge in [0.15, 0.2) is 0 Å². The Morgan fingerprint density at radius 2 is 1.88 bits per heavy atom. The molecule has 3 heteroatoms. The van der Waals surface area contributed by atoms with Gasteiger partial charge in [0, 0.05) is 12.6 Å². The Morgan fingerprint density at radius 1 is 1.19 bits per heavy atom. The van der Waals surface area contributed by atoms with Crippen molar-refractivity contribution in [3.8, 4) is 0 Å². The maximum atomic E-state index is 6.03. The molecule has 0 spiro atoms. The van der Waals surface area contributed by atoms with Crippen molar-refractivity contribution >= 4 is 12.4 Å². The van der Waals surface area contributed by atoms with E-state index in [0.29, 0.717) is 12.0 Å². The summed E-state index contributed by atoms with van der Waals surface area (Å²) in [5.41, 5.74) is 6.03. The zero-order chi connectivity index (χ0) is 10.7. The van der Waals surface area contributed by atoms with Crippen LogP contribution in [0.25, 0.3) is 0 Å². The molecule has 2 atom stereocenters. The maximum absolute atomic E-state index is 6.03. The maximum Gasteiger partial charge on any atom is 0.00889 e. The van der Waals surface area contributed by atoms with Crippen LogP contribution in [0.4, 0.5) is 0 Å². The smallest absolute Gasteiger partial charge is 0.00889 e. The molecule has 1 heterocycles. The Hall–Kier alpha value is 0.210. The molecule has 0 bridgehead atoms. The van der Waals surface area contributed by atoms with Crippen LogP contribution in [0, 0.1) is 11.8 Å². The van der Waals surface area contributed by atoms with Gasteiger partial charge in [-0.25, -0.2) is 0 Å². The molecule has 96 valence electrons. The molecular weight excluding hydrogens is 220 g/mol. The van der Waals surface area contributed by atoms with Crippen molar-refractivity contribution in [3.63, 3.8) is 0 Å². The number of likely N-dealkylation sites (tertiary alicyclic amines) is 1. The van der Waals surface area contributed by atoms with Crippen LogP contribution in [-0.4, -0.2) is 30.6 Å². The zero-order valence-corrected chi connectivity index (χ0v) is 11.3. The van der Waals surface area contributed by atoms with Crippen LogP contribution in [0.5, 0.6) is 0 Å². The van der Waals surface area contributed by atoms with Crippen LogP contribution >= 0.6 is 12.4 Å². The molecule has 1 saturated heterocycles. The van der Waals surface area contributed by atoms with E-state index in [2.05, 4.69) is 11.8 Å². The fourth-order valence-corrected chi connectivity index (χ4v) is 3.12. The molecule has 1 saturated carbocycles. The largest absolute Gasteiger partial charge is 0.327 e. The third-order valence-corrected chi connectivity index (χ3v) is 4.38. The van der Waals surface area contributed by atoms with E-state index in [-0.39, 0.29) is 12.4 Å². The van der Waals surface area contributed by atoms with E-state index in [4.69, 9.17) is 5.73 Å². The number of halogens is 1. The van der Waals surface area contributed by atoms with E-state index in [1.165, 1.54) is 58.2 Å². The lowest BCUT2D eigenvalue weighted by Crippen LogP contribution is -2.46. The zero-order valence-electron chi connectivity index (χ0n) is 10.5. The summed E-state index contributed by atoms with van der Waals surface area (Å²) in [6.45, 7) is 6.08. The number of hydrogen-bond acceptors (Lipinski definition) is 2. The molecule has 0 radical (unpaired) electrons. The summed E-state index contributed by atoms with van der Waals surface area (Å²) in [6, 6.07) is 0.452. The molecule has 2 nitrogen and oxygen atoms in total. The molecule has 2 unspecified atom stereocenters. The van der Waals surface area contributed by atoms with E-state index in [1.807, 2.05) is 0 Å². The van der Waals surface area contributed by atoms with Gasteiger partial charge in [0.05, 0.1) is 0 Å². The minimum absolute atomic E-state index is 0. The van der Waals surface area contributed by atoms with E-state index < -0.39 is 0 Å². The number of hydrogen-bond donors (Lipinski definition) is 1.